The Morgan fingerprint density at radius 3 is 2.64 bits per heavy atom. The van der Waals surface area contributed by atoms with Crippen LogP contribution in [-0.4, -0.2) is 18.0 Å². The molecule has 0 heterocycles. The summed E-state index contributed by atoms with van der Waals surface area (Å²) in [4.78, 5) is 11.9. The Hall–Kier alpha value is -2.29. The molecular weight excluding hydrogens is 312 g/mol. The van der Waals surface area contributed by atoms with E-state index in [0.717, 1.165) is 42.6 Å². The maximum absolute atomic E-state index is 11.9. The summed E-state index contributed by atoms with van der Waals surface area (Å²) < 4.78 is 5.53. The molecule has 3 nitrogen and oxygen atoms in total. The Bertz CT molecular complexity index is 880. The molecule has 25 heavy (non-hydrogen) atoms. The number of methoxy groups -OCH3 is 1. The van der Waals surface area contributed by atoms with Crippen LogP contribution in [0, 0.1) is 12.8 Å². The third kappa shape index (κ3) is 2.45. The molecule has 2 aromatic carbocycles. The van der Waals surface area contributed by atoms with Gasteiger partial charge in [0.05, 0.1) is 7.11 Å². The van der Waals surface area contributed by atoms with E-state index >= 15 is 0 Å². The van der Waals surface area contributed by atoms with Gasteiger partial charge in [0.15, 0.2) is 0 Å². The first-order valence-corrected chi connectivity index (χ1v) is 9.01. The second kappa shape index (κ2) is 5.91. The summed E-state index contributed by atoms with van der Waals surface area (Å²) in [6, 6.07) is 6.17. The van der Waals surface area contributed by atoms with Crippen molar-refractivity contribution in [2.24, 2.45) is 5.92 Å². The van der Waals surface area contributed by atoms with Crippen molar-refractivity contribution in [1.29, 1.82) is 0 Å². The molecule has 130 valence electrons. The maximum Gasteiger partial charge on any atom is 0.133 e. The lowest BCUT2D eigenvalue weighted by molar-refractivity contribution is -0.121. The molecule has 0 saturated carbocycles. The molecule has 1 unspecified atom stereocenters. The number of carbonyl (C=O) groups excluding carboxylic acids is 1. The van der Waals surface area contributed by atoms with E-state index < -0.39 is 0 Å². The predicted molar refractivity (Wildman–Crippen MR) is 97.6 cm³/mol. The normalized spacial score (nSPS) is 18.1. The molecule has 1 atom stereocenters. The minimum Gasteiger partial charge on any atom is -0.507 e. The van der Waals surface area contributed by atoms with Gasteiger partial charge in [-0.3, -0.25) is 4.79 Å². The monoisotopic (exact) mass is 336 g/mol. The van der Waals surface area contributed by atoms with Crippen molar-refractivity contribution in [3.63, 3.8) is 0 Å². The van der Waals surface area contributed by atoms with Crippen LogP contribution in [0.25, 0.3) is 0 Å². The van der Waals surface area contributed by atoms with Gasteiger partial charge >= 0.3 is 0 Å². The smallest absolute Gasteiger partial charge is 0.133 e. The van der Waals surface area contributed by atoms with Crippen LogP contribution < -0.4 is 4.74 Å². The largest absolute Gasteiger partial charge is 0.507 e. The highest BCUT2D eigenvalue weighted by molar-refractivity contribution is 5.79. The topological polar surface area (TPSA) is 46.5 Å². The van der Waals surface area contributed by atoms with Crippen molar-refractivity contribution in [1.82, 2.24) is 0 Å². The van der Waals surface area contributed by atoms with Crippen molar-refractivity contribution in [3.8, 4) is 11.5 Å². The quantitative estimate of drug-likeness (QED) is 0.772. The Morgan fingerprint density at radius 2 is 1.92 bits per heavy atom. The number of hydrogen-bond donors (Lipinski definition) is 1. The number of phenols is 1. The van der Waals surface area contributed by atoms with Crippen LogP contribution in [0.1, 0.15) is 52.3 Å². The van der Waals surface area contributed by atoms with E-state index in [9.17, 15) is 9.90 Å². The summed E-state index contributed by atoms with van der Waals surface area (Å²) in [7, 11) is 1.70. The van der Waals surface area contributed by atoms with Crippen molar-refractivity contribution < 1.29 is 14.6 Å². The Labute approximate surface area is 148 Å². The summed E-state index contributed by atoms with van der Waals surface area (Å²) in [6.45, 7) is 3.84. The van der Waals surface area contributed by atoms with Crippen LogP contribution in [-0.2, 0) is 30.5 Å². The van der Waals surface area contributed by atoms with Crippen LogP contribution in [0.2, 0.25) is 0 Å². The fraction of sp³-hybridized carbons (Fsp3) is 0.409. The first-order chi connectivity index (χ1) is 12.0. The molecule has 2 aliphatic rings. The van der Waals surface area contributed by atoms with Crippen LogP contribution in [0.4, 0.5) is 0 Å². The number of ketones is 1. The number of fused-ring (bicyclic) bond motifs is 3. The molecule has 4 rings (SSSR count). The summed E-state index contributed by atoms with van der Waals surface area (Å²) >= 11 is 0. The lowest BCUT2D eigenvalue weighted by Gasteiger charge is -2.31. The van der Waals surface area contributed by atoms with Crippen LogP contribution in [0.15, 0.2) is 18.2 Å². The van der Waals surface area contributed by atoms with Crippen molar-refractivity contribution in [3.05, 3.63) is 57.1 Å². The fourth-order valence-electron chi connectivity index (χ4n) is 4.63. The number of ether oxygens (including phenoxy) is 1. The molecule has 0 radical (unpaired) electrons. The van der Waals surface area contributed by atoms with Crippen molar-refractivity contribution in [2.45, 2.75) is 46.0 Å². The average molecular weight is 336 g/mol. The molecule has 0 amide bonds. The van der Waals surface area contributed by atoms with Gasteiger partial charge in [0, 0.05) is 23.5 Å². The van der Waals surface area contributed by atoms with Gasteiger partial charge in [-0.05, 0) is 73.4 Å². The van der Waals surface area contributed by atoms with Gasteiger partial charge in [0.2, 0.25) is 0 Å². The maximum atomic E-state index is 11.9. The van der Waals surface area contributed by atoms with E-state index in [1.54, 1.807) is 14.0 Å². The molecule has 0 fully saturated rings. The molecule has 0 aromatic heterocycles. The van der Waals surface area contributed by atoms with Gasteiger partial charge in [0.25, 0.3) is 0 Å². The zero-order valence-electron chi connectivity index (χ0n) is 15.1. The molecule has 1 N–H and O–H groups in total. The molecular formula is C22H24O3. The van der Waals surface area contributed by atoms with Crippen molar-refractivity contribution in [2.75, 3.05) is 7.11 Å². The number of phenolic OH excluding ortho intramolecular Hbond substituents is 1. The van der Waals surface area contributed by atoms with E-state index in [-0.39, 0.29) is 11.7 Å². The van der Waals surface area contributed by atoms with Crippen LogP contribution in [0.5, 0.6) is 11.5 Å². The standard InChI is InChI=1S/C22H24O3/c1-12-17-9-14(13(2)23)7-8-16(17)22(24)20-11-19-15(10-18(12)20)5-4-6-21(19)25-3/h4-6,14,24H,7-11H2,1-3H3. The van der Waals surface area contributed by atoms with Gasteiger partial charge in [-0.25, -0.2) is 0 Å². The SMILES string of the molecule is COc1cccc2c1Cc1c(O)c3c(c(C)c1C2)CC(C(C)=O)CC3. The van der Waals surface area contributed by atoms with E-state index in [2.05, 4.69) is 13.0 Å². The molecule has 2 aliphatic carbocycles. The summed E-state index contributed by atoms with van der Waals surface area (Å²) in [5, 5.41) is 11.0. The lowest BCUT2D eigenvalue weighted by atomic mass is 9.74. The minimum atomic E-state index is 0.0969. The fourth-order valence-corrected chi connectivity index (χ4v) is 4.63. The van der Waals surface area contributed by atoms with Crippen LogP contribution in [0.3, 0.4) is 0 Å². The number of benzene rings is 2. The minimum absolute atomic E-state index is 0.0969. The summed E-state index contributed by atoms with van der Waals surface area (Å²) in [5.41, 5.74) is 8.27. The molecule has 0 bridgehead atoms. The second-order valence-corrected chi connectivity index (χ2v) is 7.39. The van der Waals surface area contributed by atoms with E-state index in [1.807, 2.05) is 12.1 Å². The van der Waals surface area contributed by atoms with E-state index in [1.165, 1.54) is 27.8 Å². The molecule has 3 heteroatoms. The van der Waals surface area contributed by atoms with Gasteiger partial charge in [-0.15, -0.1) is 0 Å². The third-order valence-corrected chi connectivity index (χ3v) is 6.14. The van der Waals surface area contributed by atoms with Gasteiger partial charge < -0.3 is 9.84 Å². The van der Waals surface area contributed by atoms with Crippen LogP contribution >= 0.6 is 0 Å². The summed E-state index contributed by atoms with van der Waals surface area (Å²) in [5.74, 6) is 1.71. The number of aromatic hydroxyl groups is 1. The predicted octanol–water partition coefficient (Wildman–Crippen LogP) is 3.90. The zero-order chi connectivity index (χ0) is 17.7. The number of hydrogen-bond acceptors (Lipinski definition) is 3. The molecule has 0 saturated heterocycles. The van der Waals surface area contributed by atoms with Crippen molar-refractivity contribution >= 4 is 5.78 Å². The number of rotatable bonds is 2. The first kappa shape index (κ1) is 16.2. The Morgan fingerprint density at radius 1 is 1.12 bits per heavy atom. The number of Topliss-reactive ketones (excluding diaryl/α,β-unsaturated/α-hetero) is 1. The highest BCUT2D eigenvalue weighted by Crippen LogP contribution is 2.44. The van der Waals surface area contributed by atoms with E-state index in [4.69, 9.17) is 4.74 Å². The first-order valence-electron chi connectivity index (χ1n) is 9.01. The number of carbonyl (C=O) groups is 1. The average Bonchev–Trinajstić information content (AvgIpc) is 2.63. The third-order valence-electron chi connectivity index (χ3n) is 6.14. The van der Waals surface area contributed by atoms with Gasteiger partial charge in [0.1, 0.15) is 17.3 Å². The lowest BCUT2D eigenvalue weighted by Crippen LogP contribution is -2.23. The van der Waals surface area contributed by atoms with E-state index in [0.29, 0.717) is 12.2 Å². The second-order valence-electron chi connectivity index (χ2n) is 7.39. The summed E-state index contributed by atoms with van der Waals surface area (Å²) in [6.07, 6.45) is 3.93. The van der Waals surface area contributed by atoms with Gasteiger partial charge in [-0.2, -0.15) is 0 Å². The highest BCUT2D eigenvalue weighted by Gasteiger charge is 2.31. The highest BCUT2D eigenvalue weighted by atomic mass is 16.5. The molecule has 0 aliphatic heterocycles. The zero-order valence-corrected chi connectivity index (χ0v) is 15.1. The van der Waals surface area contributed by atoms with Gasteiger partial charge in [-0.1, -0.05) is 12.1 Å². The Kier molecular flexibility index (Phi) is 3.82. The Balaban J connectivity index is 1.85. The molecule has 0 spiro atoms. The molecule has 2 aromatic rings.